The van der Waals surface area contributed by atoms with E-state index in [0.717, 1.165) is 41.3 Å². The number of amides is 1. The van der Waals surface area contributed by atoms with Crippen molar-refractivity contribution in [2.45, 2.75) is 25.7 Å². The zero-order valence-corrected chi connectivity index (χ0v) is 16.5. The van der Waals surface area contributed by atoms with Gasteiger partial charge in [0.15, 0.2) is 5.13 Å². The number of carbonyl (C=O) groups excluding carboxylic acids is 1. The number of aryl methyl sites for hydroxylation is 2. The summed E-state index contributed by atoms with van der Waals surface area (Å²) in [5.74, 6) is -0.162. The summed E-state index contributed by atoms with van der Waals surface area (Å²) in [7, 11) is 0. The van der Waals surface area contributed by atoms with Gasteiger partial charge in [-0.05, 0) is 61.1 Å². The molecular formula is C22H22FN3OS. The molecule has 3 aromatic rings. The second-order valence-electron chi connectivity index (χ2n) is 7.55. The van der Waals surface area contributed by atoms with Crippen LogP contribution in [0.15, 0.2) is 36.4 Å². The van der Waals surface area contributed by atoms with Crippen LogP contribution in [0, 0.1) is 5.82 Å². The lowest BCUT2D eigenvalue weighted by molar-refractivity contribution is 0.0746. The second kappa shape index (κ2) is 7.17. The van der Waals surface area contributed by atoms with Crippen LogP contribution >= 0.6 is 11.3 Å². The minimum absolute atomic E-state index is 0.114. The molecule has 2 aliphatic rings. The third-order valence-electron chi connectivity index (χ3n) is 5.79. The molecule has 28 heavy (non-hydrogen) atoms. The zero-order chi connectivity index (χ0) is 19.1. The summed E-state index contributed by atoms with van der Waals surface area (Å²) in [5, 5.41) is 0.834. The van der Waals surface area contributed by atoms with Gasteiger partial charge in [0, 0.05) is 31.7 Å². The number of piperazine rings is 1. The number of aromatic nitrogens is 1. The molecule has 4 nitrogen and oxygen atoms in total. The first-order chi connectivity index (χ1) is 13.7. The molecule has 0 spiro atoms. The van der Waals surface area contributed by atoms with Crippen molar-refractivity contribution in [3.63, 3.8) is 0 Å². The summed E-state index contributed by atoms with van der Waals surface area (Å²) < 4.78 is 14.8. The summed E-state index contributed by atoms with van der Waals surface area (Å²) >= 11 is 1.51. The van der Waals surface area contributed by atoms with Gasteiger partial charge in [-0.15, -0.1) is 0 Å². The molecule has 1 aliphatic heterocycles. The van der Waals surface area contributed by atoms with E-state index in [0.29, 0.717) is 18.6 Å². The molecule has 2 heterocycles. The van der Waals surface area contributed by atoms with E-state index in [2.05, 4.69) is 22.0 Å². The van der Waals surface area contributed by atoms with Crippen molar-refractivity contribution in [1.82, 2.24) is 9.88 Å². The van der Waals surface area contributed by atoms with Crippen LogP contribution in [0.2, 0.25) is 0 Å². The topological polar surface area (TPSA) is 36.4 Å². The zero-order valence-electron chi connectivity index (χ0n) is 15.7. The Bertz CT molecular complexity index is 1040. The minimum atomic E-state index is -0.277. The van der Waals surface area contributed by atoms with Gasteiger partial charge in [-0.3, -0.25) is 4.79 Å². The van der Waals surface area contributed by atoms with E-state index in [1.807, 2.05) is 17.0 Å². The van der Waals surface area contributed by atoms with Gasteiger partial charge in [0.1, 0.15) is 11.3 Å². The van der Waals surface area contributed by atoms with Crippen molar-refractivity contribution < 1.29 is 9.18 Å². The Morgan fingerprint density at radius 3 is 2.57 bits per heavy atom. The summed E-state index contributed by atoms with van der Waals surface area (Å²) in [6.07, 6.45) is 4.67. The highest BCUT2D eigenvalue weighted by atomic mass is 32.1. The van der Waals surface area contributed by atoms with E-state index in [1.54, 1.807) is 6.07 Å². The fourth-order valence-corrected chi connectivity index (χ4v) is 5.22. The number of hydrogen-bond donors (Lipinski definition) is 0. The average molecular weight is 396 g/mol. The van der Waals surface area contributed by atoms with Crippen molar-refractivity contribution >= 4 is 32.6 Å². The Hall–Kier alpha value is -2.47. The molecule has 1 aliphatic carbocycles. The maximum atomic E-state index is 13.9. The van der Waals surface area contributed by atoms with Crippen LogP contribution in [-0.2, 0) is 12.8 Å². The summed E-state index contributed by atoms with van der Waals surface area (Å²) in [5.41, 5.74) is 3.98. The number of benzene rings is 2. The first kappa shape index (κ1) is 17.6. The fraction of sp³-hybridized carbons (Fsp3) is 0.364. The van der Waals surface area contributed by atoms with Gasteiger partial charge >= 0.3 is 0 Å². The molecule has 2 aromatic carbocycles. The molecule has 0 atom stereocenters. The second-order valence-corrected chi connectivity index (χ2v) is 8.56. The quantitative estimate of drug-likeness (QED) is 0.650. The average Bonchev–Trinajstić information content (AvgIpc) is 3.19. The number of para-hydroxylation sites is 1. The van der Waals surface area contributed by atoms with Gasteiger partial charge in [0.05, 0.1) is 4.70 Å². The van der Waals surface area contributed by atoms with E-state index < -0.39 is 0 Å². The molecule has 0 unspecified atom stereocenters. The highest BCUT2D eigenvalue weighted by molar-refractivity contribution is 7.22. The van der Waals surface area contributed by atoms with Crippen molar-refractivity contribution in [3.8, 4) is 0 Å². The molecule has 6 heteroatoms. The largest absolute Gasteiger partial charge is 0.345 e. The van der Waals surface area contributed by atoms with E-state index in [9.17, 15) is 9.18 Å². The van der Waals surface area contributed by atoms with E-state index >= 15 is 0 Å². The highest BCUT2D eigenvalue weighted by Crippen LogP contribution is 2.31. The maximum Gasteiger partial charge on any atom is 0.253 e. The maximum absolute atomic E-state index is 13.9. The monoisotopic (exact) mass is 395 g/mol. The number of thiazole rings is 1. The van der Waals surface area contributed by atoms with Crippen LogP contribution in [0.1, 0.15) is 34.3 Å². The van der Waals surface area contributed by atoms with Gasteiger partial charge in [-0.2, -0.15) is 0 Å². The van der Waals surface area contributed by atoms with E-state index in [-0.39, 0.29) is 11.7 Å². The third-order valence-corrected chi connectivity index (χ3v) is 6.87. The fourth-order valence-electron chi connectivity index (χ4n) is 4.19. The normalized spacial score (nSPS) is 17.0. The first-order valence-electron chi connectivity index (χ1n) is 9.90. The van der Waals surface area contributed by atoms with Crippen molar-refractivity contribution in [2.75, 3.05) is 31.1 Å². The van der Waals surface area contributed by atoms with Crippen molar-refractivity contribution in [3.05, 3.63) is 58.9 Å². The number of nitrogens with zero attached hydrogens (tertiary/aromatic N) is 3. The Kier molecular flexibility index (Phi) is 4.51. The number of halogens is 1. The number of anilines is 1. The Balaban J connectivity index is 1.28. The molecule has 1 saturated heterocycles. The Labute approximate surface area is 167 Å². The molecule has 5 rings (SSSR count). The predicted molar refractivity (Wildman–Crippen MR) is 111 cm³/mol. The number of rotatable bonds is 2. The minimum Gasteiger partial charge on any atom is -0.345 e. The summed E-state index contributed by atoms with van der Waals surface area (Å²) in [6.45, 7) is 2.76. The lowest BCUT2D eigenvalue weighted by Crippen LogP contribution is -2.48. The number of carbonyl (C=O) groups is 1. The number of fused-ring (bicyclic) bond motifs is 2. The molecule has 0 saturated carbocycles. The van der Waals surface area contributed by atoms with Gasteiger partial charge in [0.2, 0.25) is 0 Å². The predicted octanol–water partition coefficient (Wildman–Crippen LogP) is 4.28. The highest BCUT2D eigenvalue weighted by Gasteiger charge is 2.25. The summed E-state index contributed by atoms with van der Waals surface area (Å²) in [4.78, 5) is 21.5. The van der Waals surface area contributed by atoms with Crippen molar-refractivity contribution in [2.24, 2.45) is 0 Å². The first-order valence-corrected chi connectivity index (χ1v) is 10.7. The SMILES string of the molecule is O=C(c1ccc2c(c1)CCCC2)N1CCN(c2nc3c(F)cccc3s2)CC1. The van der Waals surface area contributed by atoms with Gasteiger partial charge in [0.25, 0.3) is 5.91 Å². The molecule has 0 N–H and O–H groups in total. The Morgan fingerprint density at radius 1 is 1.00 bits per heavy atom. The van der Waals surface area contributed by atoms with Crippen LogP contribution in [0.4, 0.5) is 9.52 Å². The lowest BCUT2D eigenvalue weighted by Gasteiger charge is -2.34. The molecule has 1 amide bonds. The molecule has 1 aromatic heterocycles. The van der Waals surface area contributed by atoms with Gasteiger partial charge in [-0.25, -0.2) is 9.37 Å². The lowest BCUT2D eigenvalue weighted by atomic mass is 9.90. The van der Waals surface area contributed by atoms with Gasteiger partial charge < -0.3 is 9.80 Å². The number of hydrogen-bond acceptors (Lipinski definition) is 4. The van der Waals surface area contributed by atoms with Crippen LogP contribution in [-0.4, -0.2) is 42.0 Å². The molecule has 1 fully saturated rings. The van der Waals surface area contributed by atoms with Crippen LogP contribution in [0.3, 0.4) is 0 Å². The Morgan fingerprint density at radius 2 is 1.79 bits per heavy atom. The van der Waals surface area contributed by atoms with E-state index in [1.165, 1.54) is 41.4 Å². The molecule has 144 valence electrons. The third kappa shape index (κ3) is 3.15. The van der Waals surface area contributed by atoms with Gasteiger partial charge in [-0.1, -0.05) is 23.5 Å². The smallest absolute Gasteiger partial charge is 0.253 e. The molecule has 0 radical (unpaired) electrons. The molecular weight excluding hydrogens is 373 g/mol. The van der Waals surface area contributed by atoms with E-state index in [4.69, 9.17) is 0 Å². The molecule has 0 bridgehead atoms. The summed E-state index contributed by atoms with van der Waals surface area (Å²) in [6, 6.07) is 11.3. The van der Waals surface area contributed by atoms with Crippen LogP contribution in [0.5, 0.6) is 0 Å². The van der Waals surface area contributed by atoms with Crippen LogP contribution in [0.25, 0.3) is 10.2 Å². The van der Waals surface area contributed by atoms with Crippen LogP contribution < -0.4 is 4.90 Å². The van der Waals surface area contributed by atoms with Crippen molar-refractivity contribution in [1.29, 1.82) is 0 Å². The standard InChI is InChI=1S/C22H22FN3OS/c23-18-6-3-7-19-20(18)24-22(28-19)26-12-10-25(11-13-26)21(27)17-9-8-15-4-1-2-5-16(15)14-17/h3,6-9,14H,1-2,4-5,10-13H2.